The topological polar surface area (TPSA) is 30.7 Å². The van der Waals surface area contributed by atoms with Crippen LogP contribution in [0.15, 0.2) is 59.5 Å². The number of benzene rings is 2. The standard InChI is InChI=1S/C17H19N3S/c1-13(2)12-17(21-14-8-4-3-5-9-14)20-16-11-7-6-10-15(16)18-19-20/h3-11,13,17H,12H2,1-2H3. The molecule has 1 atom stereocenters. The smallest absolute Gasteiger partial charge is 0.113 e. The monoisotopic (exact) mass is 297 g/mol. The maximum atomic E-state index is 4.39. The summed E-state index contributed by atoms with van der Waals surface area (Å²) in [6.45, 7) is 4.50. The van der Waals surface area contributed by atoms with E-state index in [0.717, 1.165) is 17.5 Å². The molecule has 0 saturated carbocycles. The van der Waals surface area contributed by atoms with Crippen LogP contribution in [0.5, 0.6) is 0 Å². The van der Waals surface area contributed by atoms with E-state index in [-0.39, 0.29) is 5.37 Å². The van der Waals surface area contributed by atoms with Gasteiger partial charge in [0.2, 0.25) is 0 Å². The molecule has 1 heterocycles. The summed E-state index contributed by atoms with van der Waals surface area (Å²) in [6.07, 6.45) is 1.06. The molecular weight excluding hydrogens is 278 g/mol. The van der Waals surface area contributed by atoms with Crippen LogP contribution in [0.4, 0.5) is 0 Å². The highest BCUT2D eigenvalue weighted by atomic mass is 32.2. The molecule has 3 rings (SSSR count). The fourth-order valence-electron chi connectivity index (χ4n) is 2.36. The van der Waals surface area contributed by atoms with Gasteiger partial charge in [-0.25, -0.2) is 4.68 Å². The second kappa shape index (κ2) is 6.31. The van der Waals surface area contributed by atoms with Crippen molar-refractivity contribution in [2.45, 2.75) is 30.5 Å². The third kappa shape index (κ3) is 3.27. The lowest BCUT2D eigenvalue weighted by molar-refractivity contribution is 0.475. The number of rotatable bonds is 5. The Kier molecular flexibility index (Phi) is 4.25. The molecule has 3 aromatic rings. The van der Waals surface area contributed by atoms with Gasteiger partial charge in [0.25, 0.3) is 0 Å². The molecule has 3 nitrogen and oxygen atoms in total. The minimum absolute atomic E-state index is 0.264. The highest BCUT2D eigenvalue weighted by molar-refractivity contribution is 7.99. The van der Waals surface area contributed by atoms with Crippen LogP contribution >= 0.6 is 11.8 Å². The lowest BCUT2D eigenvalue weighted by atomic mass is 10.1. The minimum Gasteiger partial charge on any atom is -0.231 e. The second-order valence-corrected chi connectivity index (χ2v) is 6.79. The summed E-state index contributed by atoms with van der Waals surface area (Å²) in [7, 11) is 0. The highest BCUT2D eigenvalue weighted by Crippen LogP contribution is 2.36. The zero-order valence-electron chi connectivity index (χ0n) is 12.3. The van der Waals surface area contributed by atoms with Crippen LogP contribution in [0.2, 0.25) is 0 Å². The molecule has 0 N–H and O–H groups in total. The molecule has 0 aliphatic rings. The molecule has 0 saturated heterocycles. The van der Waals surface area contributed by atoms with Crippen molar-refractivity contribution in [3.63, 3.8) is 0 Å². The molecule has 0 fully saturated rings. The molecular formula is C17H19N3S. The van der Waals surface area contributed by atoms with Crippen LogP contribution in [0.3, 0.4) is 0 Å². The van der Waals surface area contributed by atoms with E-state index in [1.807, 2.05) is 36.0 Å². The maximum absolute atomic E-state index is 4.39. The van der Waals surface area contributed by atoms with Crippen LogP contribution < -0.4 is 0 Å². The summed E-state index contributed by atoms with van der Waals surface area (Å²) in [5.74, 6) is 0.606. The van der Waals surface area contributed by atoms with Gasteiger partial charge in [-0.3, -0.25) is 0 Å². The molecule has 0 radical (unpaired) electrons. The zero-order valence-corrected chi connectivity index (χ0v) is 13.1. The summed E-state index contributed by atoms with van der Waals surface area (Å²) < 4.78 is 2.06. The van der Waals surface area contributed by atoms with Gasteiger partial charge in [0.15, 0.2) is 0 Å². The summed E-state index contributed by atoms with van der Waals surface area (Å²) in [4.78, 5) is 1.27. The van der Waals surface area contributed by atoms with Crippen LogP contribution in [0.1, 0.15) is 25.6 Å². The first-order valence-electron chi connectivity index (χ1n) is 7.25. The average Bonchev–Trinajstić information content (AvgIpc) is 2.91. The Bertz CT molecular complexity index is 706. The molecule has 2 aromatic carbocycles. The average molecular weight is 297 g/mol. The number of hydrogen-bond donors (Lipinski definition) is 0. The van der Waals surface area contributed by atoms with E-state index >= 15 is 0 Å². The Labute approximate surface area is 129 Å². The maximum Gasteiger partial charge on any atom is 0.113 e. The summed E-state index contributed by atoms with van der Waals surface area (Å²) in [6, 6.07) is 18.7. The number of nitrogens with zero attached hydrogens (tertiary/aromatic N) is 3. The fourth-order valence-corrected chi connectivity index (χ4v) is 3.72. The number of fused-ring (bicyclic) bond motifs is 1. The van der Waals surface area contributed by atoms with E-state index in [9.17, 15) is 0 Å². The van der Waals surface area contributed by atoms with Crippen LogP contribution in [0.25, 0.3) is 11.0 Å². The predicted octanol–water partition coefficient (Wildman–Crippen LogP) is 4.77. The predicted molar refractivity (Wildman–Crippen MR) is 88.3 cm³/mol. The number of hydrogen-bond acceptors (Lipinski definition) is 3. The fraction of sp³-hybridized carbons (Fsp3) is 0.294. The Morgan fingerprint density at radius 2 is 1.71 bits per heavy atom. The van der Waals surface area contributed by atoms with Gasteiger partial charge in [0.1, 0.15) is 10.9 Å². The van der Waals surface area contributed by atoms with E-state index in [0.29, 0.717) is 5.92 Å². The Morgan fingerprint density at radius 3 is 2.48 bits per heavy atom. The van der Waals surface area contributed by atoms with Crippen molar-refractivity contribution in [1.29, 1.82) is 0 Å². The molecule has 0 spiro atoms. The molecule has 1 aromatic heterocycles. The molecule has 0 aliphatic heterocycles. The van der Waals surface area contributed by atoms with E-state index in [1.165, 1.54) is 4.90 Å². The molecule has 1 unspecified atom stereocenters. The summed E-state index contributed by atoms with van der Waals surface area (Å²) in [5, 5.41) is 8.94. The van der Waals surface area contributed by atoms with E-state index in [1.54, 1.807) is 0 Å². The Morgan fingerprint density at radius 1 is 1.00 bits per heavy atom. The van der Waals surface area contributed by atoms with Gasteiger partial charge in [-0.2, -0.15) is 0 Å². The van der Waals surface area contributed by atoms with Gasteiger partial charge in [-0.05, 0) is 36.6 Å². The molecule has 21 heavy (non-hydrogen) atoms. The van der Waals surface area contributed by atoms with Crippen molar-refractivity contribution in [2.24, 2.45) is 5.92 Å². The first-order valence-corrected chi connectivity index (χ1v) is 8.13. The summed E-state index contributed by atoms with van der Waals surface area (Å²) >= 11 is 1.85. The molecule has 0 amide bonds. The lowest BCUT2D eigenvalue weighted by Crippen LogP contribution is -2.10. The zero-order chi connectivity index (χ0) is 14.7. The minimum atomic E-state index is 0.264. The van der Waals surface area contributed by atoms with Gasteiger partial charge in [-0.1, -0.05) is 61.2 Å². The van der Waals surface area contributed by atoms with Crippen LogP contribution in [0, 0.1) is 5.92 Å². The van der Waals surface area contributed by atoms with Gasteiger partial charge < -0.3 is 0 Å². The van der Waals surface area contributed by atoms with Crippen LogP contribution in [-0.2, 0) is 0 Å². The first-order chi connectivity index (χ1) is 10.2. The van der Waals surface area contributed by atoms with Crippen molar-refractivity contribution in [3.05, 3.63) is 54.6 Å². The van der Waals surface area contributed by atoms with E-state index in [4.69, 9.17) is 0 Å². The van der Waals surface area contributed by atoms with Crippen LogP contribution in [-0.4, -0.2) is 15.0 Å². The van der Waals surface area contributed by atoms with Gasteiger partial charge in [0.05, 0.1) is 5.52 Å². The third-order valence-corrected chi connectivity index (χ3v) is 4.55. The van der Waals surface area contributed by atoms with Gasteiger partial charge in [-0.15, -0.1) is 5.10 Å². The van der Waals surface area contributed by atoms with E-state index < -0.39 is 0 Å². The van der Waals surface area contributed by atoms with Crippen molar-refractivity contribution in [1.82, 2.24) is 15.0 Å². The van der Waals surface area contributed by atoms with Gasteiger partial charge in [0, 0.05) is 4.90 Å². The number of para-hydroxylation sites is 1. The Hall–Kier alpha value is -1.81. The molecule has 108 valence electrons. The number of thioether (sulfide) groups is 1. The third-order valence-electron chi connectivity index (χ3n) is 3.34. The van der Waals surface area contributed by atoms with Gasteiger partial charge >= 0.3 is 0 Å². The van der Waals surface area contributed by atoms with Crippen molar-refractivity contribution in [2.75, 3.05) is 0 Å². The normalized spacial score (nSPS) is 12.9. The van der Waals surface area contributed by atoms with Crippen molar-refractivity contribution < 1.29 is 0 Å². The molecule has 0 aliphatic carbocycles. The quantitative estimate of drug-likeness (QED) is 0.636. The molecule has 4 heteroatoms. The lowest BCUT2D eigenvalue weighted by Gasteiger charge is -2.19. The van der Waals surface area contributed by atoms with Crippen molar-refractivity contribution >= 4 is 22.8 Å². The SMILES string of the molecule is CC(C)CC(Sc1ccccc1)n1nnc2ccccc21. The Balaban J connectivity index is 1.95. The largest absolute Gasteiger partial charge is 0.231 e. The first kappa shape index (κ1) is 14.1. The highest BCUT2D eigenvalue weighted by Gasteiger charge is 2.18. The van der Waals surface area contributed by atoms with Crippen molar-refractivity contribution in [3.8, 4) is 0 Å². The van der Waals surface area contributed by atoms with E-state index in [2.05, 4.69) is 59.2 Å². The summed E-state index contributed by atoms with van der Waals surface area (Å²) in [5.41, 5.74) is 2.06. The number of aromatic nitrogens is 3. The second-order valence-electron chi connectivity index (χ2n) is 5.54. The molecule has 0 bridgehead atoms.